The molecule has 2 N–H and O–H groups in total. The summed E-state index contributed by atoms with van der Waals surface area (Å²) in [7, 11) is 1.63. The monoisotopic (exact) mass is 394 g/mol. The summed E-state index contributed by atoms with van der Waals surface area (Å²) in [6, 6.07) is 15.4. The van der Waals surface area contributed by atoms with Gasteiger partial charge in [-0.05, 0) is 55.5 Å². The third-order valence-electron chi connectivity index (χ3n) is 3.04. The summed E-state index contributed by atoms with van der Waals surface area (Å²) in [6.07, 6.45) is 0. The van der Waals surface area contributed by atoms with Crippen LogP contribution in [0.5, 0.6) is 11.5 Å². The van der Waals surface area contributed by atoms with Gasteiger partial charge in [-0.2, -0.15) is 0 Å². The number of nitrogens with one attached hydrogen (secondary N) is 2. The average molecular weight is 395 g/mol. The minimum atomic E-state index is 0.0513. The zero-order valence-corrected chi connectivity index (χ0v) is 15.4. The zero-order valence-electron chi connectivity index (χ0n) is 13.0. The van der Waals surface area contributed by atoms with Crippen molar-refractivity contribution in [1.82, 2.24) is 5.32 Å². The molecule has 0 saturated heterocycles. The van der Waals surface area contributed by atoms with E-state index in [9.17, 15) is 0 Å². The van der Waals surface area contributed by atoms with E-state index in [0.717, 1.165) is 21.7 Å². The Labute approximate surface area is 150 Å². The van der Waals surface area contributed by atoms with E-state index in [4.69, 9.17) is 21.7 Å². The molecule has 6 heteroatoms. The van der Waals surface area contributed by atoms with Crippen LogP contribution < -0.4 is 20.1 Å². The van der Waals surface area contributed by atoms with Crippen molar-refractivity contribution >= 4 is 38.9 Å². The fourth-order valence-corrected chi connectivity index (χ4v) is 2.50. The molecule has 23 heavy (non-hydrogen) atoms. The van der Waals surface area contributed by atoms with Gasteiger partial charge < -0.3 is 20.1 Å². The van der Waals surface area contributed by atoms with Crippen LogP contribution in [0.15, 0.2) is 53.0 Å². The highest BCUT2D eigenvalue weighted by atomic mass is 79.9. The largest absolute Gasteiger partial charge is 0.493 e. The first kappa shape index (κ1) is 17.6. The number of rotatable bonds is 6. The van der Waals surface area contributed by atoms with Crippen LogP contribution in [0.1, 0.15) is 6.92 Å². The van der Waals surface area contributed by atoms with Gasteiger partial charge in [0.05, 0.1) is 13.2 Å². The van der Waals surface area contributed by atoms with E-state index in [1.165, 1.54) is 0 Å². The molecule has 0 spiro atoms. The Hall–Kier alpha value is -1.79. The Morgan fingerprint density at radius 2 is 1.78 bits per heavy atom. The topological polar surface area (TPSA) is 42.5 Å². The molecular weight excluding hydrogens is 376 g/mol. The molecule has 0 saturated carbocycles. The van der Waals surface area contributed by atoms with Gasteiger partial charge in [0.15, 0.2) is 16.6 Å². The van der Waals surface area contributed by atoms with E-state index < -0.39 is 0 Å². The number of hydrogen-bond acceptors (Lipinski definition) is 3. The van der Waals surface area contributed by atoms with Crippen molar-refractivity contribution in [1.29, 1.82) is 0 Å². The van der Waals surface area contributed by atoms with Crippen LogP contribution in [0, 0.1) is 0 Å². The highest BCUT2D eigenvalue weighted by Crippen LogP contribution is 2.25. The van der Waals surface area contributed by atoms with Crippen LogP contribution in [0.2, 0.25) is 0 Å². The maximum absolute atomic E-state index is 5.78. The molecule has 0 fully saturated rings. The maximum atomic E-state index is 5.78. The molecule has 2 aromatic rings. The first-order valence-electron chi connectivity index (χ1n) is 7.17. The molecule has 0 aliphatic heterocycles. The third kappa shape index (κ3) is 5.73. The molecule has 0 bridgehead atoms. The van der Waals surface area contributed by atoms with Gasteiger partial charge in [-0.1, -0.05) is 28.1 Å². The van der Waals surface area contributed by atoms with E-state index >= 15 is 0 Å². The molecule has 1 atom stereocenters. The molecule has 2 rings (SSSR count). The van der Waals surface area contributed by atoms with E-state index in [1.807, 2.05) is 55.5 Å². The molecular formula is C17H19BrN2O2S. The molecule has 0 aliphatic carbocycles. The molecule has 122 valence electrons. The SMILES string of the molecule is COc1ccccc1OC[C@@H](C)NC(=S)Nc1ccc(Br)cc1. The molecule has 0 unspecified atom stereocenters. The summed E-state index contributed by atoms with van der Waals surface area (Å²) < 4.78 is 12.1. The van der Waals surface area contributed by atoms with Crippen LogP contribution in [0.3, 0.4) is 0 Å². The quantitative estimate of drug-likeness (QED) is 0.718. The van der Waals surface area contributed by atoms with Crippen molar-refractivity contribution in [2.45, 2.75) is 13.0 Å². The van der Waals surface area contributed by atoms with Gasteiger partial charge in [-0.25, -0.2) is 0 Å². The highest BCUT2D eigenvalue weighted by Gasteiger charge is 2.08. The summed E-state index contributed by atoms with van der Waals surface area (Å²) in [6.45, 7) is 2.48. The lowest BCUT2D eigenvalue weighted by Crippen LogP contribution is -2.39. The van der Waals surface area contributed by atoms with Gasteiger partial charge in [0.1, 0.15) is 6.61 Å². The number of para-hydroxylation sites is 2. The van der Waals surface area contributed by atoms with Gasteiger partial charge >= 0.3 is 0 Å². The molecule has 0 aromatic heterocycles. The van der Waals surface area contributed by atoms with Crippen LogP contribution in [-0.2, 0) is 0 Å². The number of anilines is 1. The van der Waals surface area contributed by atoms with Gasteiger partial charge in [0, 0.05) is 10.2 Å². The smallest absolute Gasteiger partial charge is 0.171 e. The molecule has 4 nitrogen and oxygen atoms in total. The van der Waals surface area contributed by atoms with Crippen molar-refractivity contribution in [3.63, 3.8) is 0 Å². The number of thiocarbonyl (C=S) groups is 1. The zero-order chi connectivity index (χ0) is 16.7. The van der Waals surface area contributed by atoms with Crippen LogP contribution in [0.4, 0.5) is 5.69 Å². The summed E-state index contributed by atoms with van der Waals surface area (Å²) >= 11 is 8.71. The third-order valence-corrected chi connectivity index (χ3v) is 3.79. The Morgan fingerprint density at radius 1 is 1.13 bits per heavy atom. The number of halogens is 1. The van der Waals surface area contributed by atoms with E-state index in [-0.39, 0.29) is 6.04 Å². The molecule has 0 amide bonds. The van der Waals surface area contributed by atoms with E-state index in [2.05, 4.69) is 26.6 Å². The number of hydrogen-bond donors (Lipinski definition) is 2. The van der Waals surface area contributed by atoms with Crippen molar-refractivity contribution in [2.75, 3.05) is 19.0 Å². The van der Waals surface area contributed by atoms with Crippen LogP contribution in [0.25, 0.3) is 0 Å². The first-order valence-corrected chi connectivity index (χ1v) is 8.37. The number of ether oxygens (including phenoxy) is 2. The second-order valence-electron chi connectivity index (χ2n) is 4.97. The predicted octanol–water partition coefficient (Wildman–Crippen LogP) is 4.21. The van der Waals surface area contributed by atoms with Crippen LogP contribution in [-0.4, -0.2) is 24.9 Å². The van der Waals surface area contributed by atoms with E-state index in [0.29, 0.717) is 11.7 Å². The van der Waals surface area contributed by atoms with Crippen LogP contribution >= 0.6 is 28.1 Å². The Balaban J connectivity index is 1.81. The van der Waals surface area contributed by atoms with E-state index in [1.54, 1.807) is 7.11 Å². The van der Waals surface area contributed by atoms with Crippen molar-refractivity contribution in [2.24, 2.45) is 0 Å². The summed E-state index contributed by atoms with van der Waals surface area (Å²) in [5.41, 5.74) is 0.934. The Kier molecular flexibility index (Phi) is 6.67. The molecule has 0 heterocycles. The highest BCUT2D eigenvalue weighted by molar-refractivity contribution is 9.10. The van der Waals surface area contributed by atoms with Gasteiger partial charge in [-0.3, -0.25) is 0 Å². The fraction of sp³-hybridized carbons (Fsp3) is 0.235. The normalized spacial score (nSPS) is 11.4. The minimum absolute atomic E-state index is 0.0513. The standard InChI is InChI=1S/C17H19BrN2O2S/c1-12(11-22-16-6-4-3-5-15(16)21-2)19-17(23)20-14-9-7-13(18)8-10-14/h3-10,12H,11H2,1-2H3,(H2,19,20,23)/t12-/m1/s1. The van der Waals surface area contributed by atoms with Gasteiger partial charge in [0.2, 0.25) is 0 Å². The van der Waals surface area contributed by atoms with Crippen molar-refractivity contribution < 1.29 is 9.47 Å². The van der Waals surface area contributed by atoms with Crippen molar-refractivity contribution in [3.8, 4) is 11.5 Å². The van der Waals surface area contributed by atoms with Gasteiger partial charge in [0.25, 0.3) is 0 Å². The Bertz CT molecular complexity index is 649. The lowest BCUT2D eigenvalue weighted by molar-refractivity contribution is 0.270. The lowest BCUT2D eigenvalue weighted by Gasteiger charge is -2.18. The summed E-state index contributed by atoms with van der Waals surface area (Å²) in [5, 5.41) is 6.89. The lowest BCUT2D eigenvalue weighted by atomic mass is 10.3. The second kappa shape index (κ2) is 8.74. The summed E-state index contributed by atoms with van der Waals surface area (Å²) in [5.74, 6) is 1.44. The molecule has 0 aliphatic rings. The average Bonchev–Trinajstić information content (AvgIpc) is 2.55. The molecule has 2 aromatic carbocycles. The Morgan fingerprint density at radius 3 is 2.43 bits per heavy atom. The fourth-order valence-electron chi connectivity index (χ4n) is 1.92. The first-order chi connectivity index (χ1) is 11.1. The predicted molar refractivity (Wildman–Crippen MR) is 101 cm³/mol. The van der Waals surface area contributed by atoms with Crippen molar-refractivity contribution in [3.05, 3.63) is 53.0 Å². The molecule has 0 radical (unpaired) electrons. The minimum Gasteiger partial charge on any atom is -0.493 e. The maximum Gasteiger partial charge on any atom is 0.171 e. The second-order valence-corrected chi connectivity index (χ2v) is 6.29. The number of benzene rings is 2. The van der Waals surface area contributed by atoms with Gasteiger partial charge in [-0.15, -0.1) is 0 Å². The summed E-state index contributed by atoms with van der Waals surface area (Å²) in [4.78, 5) is 0. The number of methoxy groups -OCH3 is 1.